The number of nitrogens with zero attached hydrogens (tertiary/aromatic N) is 1. The smallest absolute Gasteiger partial charge is 0.400 e. The third-order valence-electron chi connectivity index (χ3n) is 3.70. The summed E-state index contributed by atoms with van der Waals surface area (Å²) in [5.41, 5.74) is 0.297. The summed E-state index contributed by atoms with van der Waals surface area (Å²) in [6.07, 6.45) is 1.60. The molecular formula is C14H19BFNO2. The number of pyridine rings is 1. The predicted octanol–water partition coefficient (Wildman–Crippen LogP) is 3.17. The topological polar surface area (TPSA) is 31.4 Å². The first-order valence-electron chi connectivity index (χ1n) is 6.38. The van der Waals surface area contributed by atoms with E-state index in [4.69, 9.17) is 9.31 Å². The van der Waals surface area contributed by atoms with Crippen LogP contribution in [0.25, 0.3) is 6.08 Å². The van der Waals surface area contributed by atoms with Gasteiger partial charge in [0, 0.05) is 5.69 Å². The minimum absolute atomic E-state index is 0.301. The summed E-state index contributed by atoms with van der Waals surface area (Å²) in [4.78, 5) is 4.13. The predicted molar refractivity (Wildman–Crippen MR) is 74.0 cm³/mol. The van der Waals surface area contributed by atoms with E-state index >= 15 is 0 Å². The molecule has 5 heteroatoms. The van der Waals surface area contributed by atoms with Gasteiger partial charge in [-0.2, -0.15) is 0 Å². The highest BCUT2D eigenvalue weighted by Gasteiger charge is 2.50. The quantitative estimate of drug-likeness (QED) is 0.768. The van der Waals surface area contributed by atoms with Crippen LogP contribution in [-0.4, -0.2) is 23.3 Å². The van der Waals surface area contributed by atoms with Crippen molar-refractivity contribution < 1.29 is 13.7 Å². The molecule has 3 nitrogen and oxygen atoms in total. The molecule has 1 saturated heterocycles. The molecule has 1 aliphatic rings. The zero-order valence-corrected chi connectivity index (χ0v) is 12.0. The normalized spacial score (nSPS) is 21.3. The van der Waals surface area contributed by atoms with Crippen molar-refractivity contribution in [3.05, 3.63) is 35.3 Å². The zero-order chi connectivity index (χ0) is 14.3. The average Bonchev–Trinajstić information content (AvgIpc) is 2.49. The summed E-state index contributed by atoms with van der Waals surface area (Å²) in [7, 11) is -0.480. The molecule has 0 atom stereocenters. The Hall–Kier alpha value is -1.20. The fourth-order valence-corrected chi connectivity index (χ4v) is 1.81. The Bertz CT molecular complexity index is 498. The van der Waals surface area contributed by atoms with Crippen molar-refractivity contribution in [1.82, 2.24) is 4.98 Å². The lowest BCUT2D eigenvalue weighted by atomic mass is 9.89. The second-order valence-electron chi connectivity index (χ2n) is 5.80. The van der Waals surface area contributed by atoms with E-state index in [1.807, 2.05) is 34.6 Å². The van der Waals surface area contributed by atoms with E-state index in [2.05, 4.69) is 4.98 Å². The second kappa shape index (κ2) is 4.73. The Labute approximate surface area is 114 Å². The largest absolute Gasteiger partial charge is 0.487 e. The molecule has 0 saturated carbocycles. The molecule has 0 spiro atoms. The molecule has 1 fully saturated rings. The maximum absolute atomic E-state index is 13.6. The highest BCUT2D eigenvalue weighted by molar-refractivity contribution is 6.52. The molecule has 2 heterocycles. The first-order valence-corrected chi connectivity index (χ1v) is 6.38. The third kappa shape index (κ3) is 2.87. The molecule has 0 bridgehead atoms. The van der Waals surface area contributed by atoms with Gasteiger partial charge >= 0.3 is 7.12 Å². The molecule has 1 aromatic rings. The van der Waals surface area contributed by atoms with Gasteiger partial charge in [-0.3, -0.25) is 4.98 Å². The minimum atomic E-state index is -0.480. The lowest BCUT2D eigenvalue weighted by molar-refractivity contribution is 0.00578. The molecule has 0 amide bonds. The van der Waals surface area contributed by atoms with E-state index in [9.17, 15) is 4.39 Å². The van der Waals surface area contributed by atoms with Crippen molar-refractivity contribution in [2.75, 3.05) is 0 Å². The standard InChI is InChI=1S/C14H19BFNO2/c1-10-6-7-11(16)12(17-10)8-9-15-18-13(2,3)14(4,5)19-15/h6-9H,1-5H3/b9-8+. The Morgan fingerprint density at radius 2 is 1.74 bits per heavy atom. The van der Waals surface area contributed by atoms with Gasteiger partial charge in [-0.25, -0.2) is 4.39 Å². The maximum atomic E-state index is 13.6. The Balaban J connectivity index is 2.15. The van der Waals surface area contributed by atoms with Crippen molar-refractivity contribution in [1.29, 1.82) is 0 Å². The van der Waals surface area contributed by atoms with Crippen LogP contribution in [0.2, 0.25) is 0 Å². The highest BCUT2D eigenvalue weighted by atomic mass is 19.1. The van der Waals surface area contributed by atoms with Gasteiger partial charge in [0.2, 0.25) is 0 Å². The molecular weight excluding hydrogens is 244 g/mol. The SMILES string of the molecule is Cc1ccc(F)c(/C=C/B2OC(C)(C)C(C)(C)O2)n1. The van der Waals surface area contributed by atoms with Crippen molar-refractivity contribution in [2.24, 2.45) is 0 Å². The first kappa shape index (κ1) is 14.2. The van der Waals surface area contributed by atoms with Gasteiger partial charge in [-0.05, 0) is 52.8 Å². The summed E-state index contributed by atoms with van der Waals surface area (Å²) in [5, 5.41) is 0. The molecule has 0 aliphatic carbocycles. The molecule has 0 radical (unpaired) electrons. The molecule has 19 heavy (non-hydrogen) atoms. The van der Waals surface area contributed by atoms with Crippen LogP contribution in [0.5, 0.6) is 0 Å². The van der Waals surface area contributed by atoms with E-state index in [0.29, 0.717) is 5.69 Å². The van der Waals surface area contributed by atoms with Gasteiger partial charge in [0.1, 0.15) is 5.82 Å². The molecule has 0 aromatic carbocycles. The Morgan fingerprint density at radius 1 is 1.16 bits per heavy atom. The van der Waals surface area contributed by atoms with Crippen LogP contribution >= 0.6 is 0 Å². The van der Waals surface area contributed by atoms with Crippen LogP contribution in [0.4, 0.5) is 4.39 Å². The van der Waals surface area contributed by atoms with Crippen LogP contribution in [0.1, 0.15) is 39.1 Å². The van der Waals surface area contributed by atoms with Crippen molar-refractivity contribution in [3.8, 4) is 0 Å². The van der Waals surface area contributed by atoms with Crippen LogP contribution in [-0.2, 0) is 9.31 Å². The van der Waals surface area contributed by atoms with Crippen LogP contribution in [0.15, 0.2) is 18.1 Å². The summed E-state index contributed by atoms with van der Waals surface area (Å²) in [5.74, 6) is 1.35. The summed E-state index contributed by atoms with van der Waals surface area (Å²) in [6.45, 7) is 9.74. The van der Waals surface area contributed by atoms with Gasteiger partial charge in [0.05, 0.1) is 16.9 Å². The third-order valence-corrected chi connectivity index (χ3v) is 3.70. The fourth-order valence-electron chi connectivity index (χ4n) is 1.81. The number of aromatic nitrogens is 1. The molecule has 102 valence electrons. The van der Waals surface area contributed by atoms with Crippen LogP contribution in [0, 0.1) is 12.7 Å². The summed E-state index contributed by atoms with van der Waals surface area (Å²) < 4.78 is 25.1. The van der Waals surface area contributed by atoms with Crippen molar-refractivity contribution in [2.45, 2.75) is 45.8 Å². The number of aryl methyl sites for hydroxylation is 1. The number of hydrogen-bond donors (Lipinski definition) is 0. The zero-order valence-electron chi connectivity index (χ0n) is 12.0. The van der Waals surface area contributed by atoms with Gasteiger partial charge in [0.15, 0.2) is 0 Å². The van der Waals surface area contributed by atoms with E-state index < -0.39 is 7.12 Å². The number of hydrogen-bond acceptors (Lipinski definition) is 3. The second-order valence-corrected chi connectivity index (χ2v) is 5.80. The van der Waals surface area contributed by atoms with Gasteiger partial charge in [-0.1, -0.05) is 5.98 Å². The molecule has 0 N–H and O–H groups in total. The molecule has 2 rings (SSSR count). The average molecular weight is 263 g/mol. The molecule has 0 unspecified atom stereocenters. The number of rotatable bonds is 2. The van der Waals surface area contributed by atoms with E-state index in [1.54, 1.807) is 18.1 Å². The number of halogens is 1. The summed E-state index contributed by atoms with van der Waals surface area (Å²) in [6, 6.07) is 3.05. The highest BCUT2D eigenvalue weighted by Crippen LogP contribution is 2.37. The van der Waals surface area contributed by atoms with Crippen molar-refractivity contribution in [3.63, 3.8) is 0 Å². The first-order chi connectivity index (χ1) is 8.71. The van der Waals surface area contributed by atoms with E-state index in [0.717, 1.165) is 5.69 Å². The van der Waals surface area contributed by atoms with Gasteiger partial charge in [-0.15, -0.1) is 0 Å². The Kier molecular flexibility index (Phi) is 3.54. The van der Waals surface area contributed by atoms with Crippen LogP contribution < -0.4 is 0 Å². The molecule has 1 aliphatic heterocycles. The van der Waals surface area contributed by atoms with Gasteiger partial charge in [0.25, 0.3) is 0 Å². The lowest BCUT2D eigenvalue weighted by Gasteiger charge is -2.32. The molecule has 1 aromatic heterocycles. The van der Waals surface area contributed by atoms with Crippen LogP contribution in [0.3, 0.4) is 0 Å². The maximum Gasteiger partial charge on any atom is 0.487 e. The van der Waals surface area contributed by atoms with E-state index in [1.165, 1.54) is 6.07 Å². The minimum Gasteiger partial charge on any atom is -0.400 e. The summed E-state index contributed by atoms with van der Waals surface area (Å²) >= 11 is 0. The van der Waals surface area contributed by atoms with E-state index in [-0.39, 0.29) is 17.0 Å². The monoisotopic (exact) mass is 263 g/mol. The Morgan fingerprint density at radius 3 is 2.32 bits per heavy atom. The van der Waals surface area contributed by atoms with Crippen molar-refractivity contribution >= 4 is 13.2 Å². The lowest BCUT2D eigenvalue weighted by Crippen LogP contribution is -2.41. The fraction of sp³-hybridized carbons (Fsp3) is 0.500. The van der Waals surface area contributed by atoms with Gasteiger partial charge < -0.3 is 9.31 Å².